The number of aromatic nitrogens is 2. The van der Waals surface area contributed by atoms with Crippen LogP contribution in [0.2, 0.25) is 0 Å². The molecule has 1 amide bonds. The number of carbonyl (C=O) groups is 1. The number of hydrogen-bond donors (Lipinski definition) is 2. The number of rotatable bonds is 6. The molecule has 2 aromatic heterocycles. The van der Waals surface area contributed by atoms with Gasteiger partial charge in [0.05, 0.1) is 12.7 Å². The number of anilines is 1. The molecule has 0 unspecified atom stereocenters. The van der Waals surface area contributed by atoms with Crippen LogP contribution in [0.4, 0.5) is 5.82 Å². The molecule has 106 valence electrons. The molecule has 0 spiro atoms. The van der Waals surface area contributed by atoms with Gasteiger partial charge in [-0.1, -0.05) is 18.5 Å². The van der Waals surface area contributed by atoms with Gasteiger partial charge in [0, 0.05) is 24.4 Å². The maximum absolute atomic E-state index is 12.1. The van der Waals surface area contributed by atoms with Gasteiger partial charge < -0.3 is 15.2 Å². The van der Waals surface area contributed by atoms with E-state index in [0.717, 1.165) is 18.5 Å². The van der Waals surface area contributed by atoms with Gasteiger partial charge in [0.15, 0.2) is 5.76 Å². The molecule has 2 rings (SSSR count). The first-order valence-corrected chi connectivity index (χ1v) is 6.59. The van der Waals surface area contributed by atoms with E-state index in [1.165, 1.54) is 0 Å². The van der Waals surface area contributed by atoms with Gasteiger partial charge in [-0.3, -0.25) is 4.79 Å². The summed E-state index contributed by atoms with van der Waals surface area (Å²) in [4.78, 5) is 16.6. The zero-order chi connectivity index (χ0) is 14.4. The molecule has 0 aliphatic rings. The first-order valence-electron chi connectivity index (χ1n) is 6.59. The van der Waals surface area contributed by atoms with Crippen molar-refractivity contribution in [2.45, 2.75) is 26.3 Å². The minimum Gasteiger partial charge on any atom is -0.373 e. The molecular weight excluding hydrogens is 256 g/mol. The summed E-state index contributed by atoms with van der Waals surface area (Å²) in [6, 6.07) is 5.27. The Morgan fingerprint density at radius 1 is 1.40 bits per heavy atom. The summed E-state index contributed by atoms with van der Waals surface area (Å²) >= 11 is 0. The van der Waals surface area contributed by atoms with Gasteiger partial charge in [0.25, 0.3) is 5.91 Å². The van der Waals surface area contributed by atoms with Crippen molar-refractivity contribution in [1.82, 2.24) is 15.5 Å². The maximum atomic E-state index is 12.1. The number of hydrogen-bond acceptors (Lipinski definition) is 5. The fraction of sp³-hybridized carbons (Fsp3) is 0.357. The monoisotopic (exact) mass is 274 g/mol. The molecule has 2 aromatic rings. The van der Waals surface area contributed by atoms with E-state index in [1.54, 1.807) is 25.4 Å². The summed E-state index contributed by atoms with van der Waals surface area (Å²) < 4.78 is 4.94. The summed E-state index contributed by atoms with van der Waals surface area (Å²) in [5, 5.41) is 9.36. The smallest absolute Gasteiger partial charge is 0.251 e. The topological polar surface area (TPSA) is 80.0 Å². The lowest BCUT2D eigenvalue weighted by molar-refractivity contribution is 0.0947. The average Bonchev–Trinajstić information content (AvgIpc) is 2.98. The molecule has 2 heterocycles. The van der Waals surface area contributed by atoms with Crippen molar-refractivity contribution in [2.75, 3.05) is 12.4 Å². The molecule has 0 atom stereocenters. The van der Waals surface area contributed by atoms with Crippen LogP contribution in [0.15, 0.2) is 28.9 Å². The van der Waals surface area contributed by atoms with Crippen LogP contribution in [0.25, 0.3) is 0 Å². The highest BCUT2D eigenvalue weighted by atomic mass is 16.5. The minimum atomic E-state index is -0.155. The highest BCUT2D eigenvalue weighted by molar-refractivity contribution is 5.94. The Labute approximate surface area is 117 Å². The molecule has 0 aromatic carbocycles. The van der Waals surface area contributed by atoms with E-state index < -0.39 is 0 Å². The van der Waals surface area contributed by atoms with Crippen molar-refractivity contribution < 1.29 is 9.32 Å². The van der Waals surface area contributed by atoms with Gasteiger partial charge in [0.2, 0.25) is 0 Å². The summed E-state index contributed by atoms with van der Waals surface area (Å²) in [7, 11) is 1.79. The van der Waals surface area contributed by atoms with Crippen LogP contribution in [-0.4, -0.2) is 23.1 Å². The Hall–Kier alpha value is -2.37. The second-order valence-electron chi connectivity index (χ2n) is 4.39. The van der Waals surface area contributed by atoms with Crippen LogP contribution < -0.4 is 10.6 Å². The Balaban J connectivity index is 2.09. The highest BCUT2D eigenvalue weighted by Gasteiger charge is 2.10. The quantitative estimate of drug-likeness (QED) is 0.842. The van der Waals surface area contributed by atoms with Gasteiger partial charge in [-0.15, -0.1) is 0 Å². The van der Waals surface area contributed by atoms with E-state index in [-0.39, 0.29) is 5.91 Å². The fourth-order valence-corrected chi connectivity index (χ4v) is 1.83. The Bertz CT molecular complexity index is 567. The molecule has 20 heavy (non-hydrogen) atoms. The number of aryl methyl sites for hydroxylation is 1. The van der Waals surface area contributed by atoms with Crippen LogP contribution in [0, 0.1) is 0 Å². The van der Waals surface area contributed by atoms with Crippen molar-refractivity contribution in [3.05, 3.63) is 41.4 Å². The molecule has 0 aliphatic heterocycles. The van der Waals surface area contributed by atoms with Crippen molar-refractivity contribution in [3.63, 3.8) is 0 Å². The molecule has 2 N–H and O–H groups in total. The SMILES string of the molecule is CCCc1cc(C(=O)NCc2ccno2)cc(NC)n1. The summed E-state index contributed by atoms with van der Waals surface area (Å²) in [6.07, 6.45) is 3.38. The van der Waals surface area contributed by atoms with Crippen molar-refractivity contribution >= 4 is 11.7 Å². The van der Waals surface area contributed by atoms with Crippen LogP contribution >= 0.6 is 0 Å². The molecule has 0 saturated carbocycles. The lowest BCUT2D eigenvalue weighted by atomic mass is 10.1. The Kier molecular flexibility index (Phi) is 4.70. The third-order valence-electron chi connectivity index (χ3n) is 2.82. The molecule has 0 fully saturated rings. The van der Waals surface area contributed by atoms with Gasteiger partial charge in [-0.2, -0.15) is 0 Å². The lowest BCUT2D eigenvalue weighted by Gasteiger charge is -2.08. The molecule has 0 bridgehead atoms. The molecule has 0 radical (unpaired) electrons. The number of nitrogens with one attached hydrogen (secondary N) is 2. The predicted molar refractivity (Wildman–Crippen MR) is 75.5 cm³/mol. The van der Waals surface area contributed by atoms with E-state index in [2.05, 4.69) is 27.7 Å². The van der Waals surface area contributed by atoms with Crippen molar-refractivity contribution in [2.24, 2.45) is 0 Å². The first-order chi connectivity index (χ1) is 9.72. The highest BCUT2D eigenvalue weighted by Crippen LogP contribution is 2.12. The third kappa shape index (κ3) is 3.57. The number of amides is 1. The van der Waals surface area contributed by atoms with Gasteiger partial charge >= 0.3 is 0 Å². The van der Waals surface area contributed by atoms with Crippen LogP contribution in [0.5, 0.6) is 0 Å². The van der Waals surface area contributed by atoms with E-state index in [9.17, 15) is 4.79 Å². The Morgan fingerprint density at radius 2 is 2.25 bits per heavy atom. The van der Waals surface area contributed by atoms with E-state index in [1.807, 2.05) is 6.07 Å². The lowest BCUT2D eigenvalue weighted by Crippen LogP contribution is -2.23. The Morgan fingerprint density at radius 3 is 2.90 bits per heavy atom. The number of nitrogens with zero attached hydrogens (tertiary/aromatic N) is 2. The molecule has 0 saturated heterocycles. The average molecular weight is 274 g/mol. The van der Waals surface area contributed by atoms with Gasteiger partial charge in [0.1, 0.15) is 5.82 Å². The normalized spacial score (nSPS) is 10.3. The zero-order valence-corrected chi connectivity index (χ0v) is 11.6. The van der Waals surface area contributed by atoms with Crippen molar-refractivity contribution in [3.8, 4) is 0 Å². The standard InChI is InChI=1S/C14H18N4O2/c1-3-4-11-7-10(8-13(15-2)18-11)14(19)16-9-12-5-6-17-20-12/h5-8H,3-4,9H2,1-2H3,(H,15,18)(H,16,19). The van der Waals surface area contributed by atoms with Crippen LogP contribution in [0.1, 0.15) is 35.2 Å². The van der Waals surface area contributed by atoms with Crippen molar-refractivity contribution in [1.29, 1.82) is 0 Å². The first kappa shape index (κ1) is 14.0. The number of carbonyl (C=O) groups excluding carboxylic acids is 1. The summed E-state index contributed by atoms with van der Waals surface area (Å²) in [6.45, 7) is 2.40. The summed E-state index contributed by atoms with van der Waals surface area (Å²) in [5.41, 5.74) is 1.50. The van der Waals surface area contributed by atoms with Gasteiger partial charge in [-0.05, 0) is 18.6 Å². The fourth-order valence-electron chi connectivity index (χ4n) is 1.83. The minimum absolute atomic E-state index is 0.155. The maximum Gasteiger partial charge on any atom is 0.251 e. The second kappa shape index (κ2) is 6.70. The predicted octanol–water partition coefficient (Wildman–Crippen LogP) is 1.99. The second-order valence-corrected chi connectivity index (χ2v) is 4.39. The van der Waals surface area contributed by atoms with E-state index in [4.69, 9.17) is 4.52 Å². The zero-order valence-electron chi connectivity index (χ0n) is 11.6. The number of pyridine rings is 1. The van der Waals surface area contributed by atoms with Crippen LogP contribution in [-0.2, 0) is 13.0 Å². The van der Waals surface area contributed by atoms with E-state index >= 15 is 0 Å². The largest absolute Gasteiger partial charge is 0.373 e. The molecule has 6 heteroatoms. The van der Waals surface area contributed by atoms with E-state index in [0.29, 0.717) is 23.7 Å². The molecular formula is C14H18N4O2. The third-order valence-corrected chi connectivity index (χ3v) is 2.82. The van der Waals surface area contributed by atoms with Gasteiger partial charge in [-0.25, -0.2) is 4.98 Å². The van der Waals surface area contributed by atoms with Crippen LogP contribution in [0.3, 0.4) is 0 Å². The summed E-state index contributed by atoms with van der Waals surface area (Å²) in [5.74, 6) is 1.16. The molecule has 6 nitrogen and oxygen atoms in total. The molecule has 0 aliphatic carbocycles.